The third-order valence-electron chi connectivity index (χ3n) is 2.41. The number of amides is 1. The van der Waals surface area contributed by atoms with Crippen LogP contribution in [-0.2, 0) is 6.54 Å². The first-order valence-electron chi connectivity index (χ1n) is 5.81. The van der Waals surface area contributed by atoms with Crippen LogP contribution in [0.1, 0.15) is 15.2 Å². The molecular weight excluding hydrogens is 260 g/mol. The largest absolute Gasteiger partial charge is 0.350 e. The minimum Gasteiger partial charge on any atom is -0.350 e. The van der Waals surface area contributed by atoms with Crippen LogP contribution in [0.15, 0.2) is 30.2 Å². The molecule has 0 aromatic carbocycles. The predicted molar refractivity (Wildman–Crippen MR) is 74.8 cm³/mol. The van der Waals surface area contributed by atoms with Crippen LogP contribution < -0.4 is 11.1 Å². The molecular formula is C13H14N4OS. The molecule has 0 saturated carbocycles. The van der Waals surface area contributed by atoms with Crippen molar-refractivity contribution < 1.29 is 4.79 Å². The molecule has 0 aliphatic carbocycles. The van der Waals surface area contributed by atoms with Crippen molar-refractivity contribution in [3.05, 3.63) is 40.6 Å². The lowest BCUT2D eigenvalue weighted by Gasteiger charge is -2.04. The molecule has 5 nitrogen and oxygen atoms in total. The van der Waals surface area contributed by atoms with Crippen LogP contribution in [0.4, 0.5) is 0 Å². The van der Waals surface area contributed by atoms with Crippen LogP contribution in [0.25, 0.3) is 0 Å². The number of aromatic nitrogens is 2. The number of hydrogen-bond donors (Lipinski definition) is 2. The maximum Gasteiger partial charge on any atom is 0.262 e. The lowest BCUT2D eigenvalue weighted by molar-refractivity contribution is 0.0956. The zero-order valence-electron chi connectivity index (χ0n) is 10.3. The summed E-state index contributed by atoms with van der Waals surface area (Å²) >= 11 is 1.38. The number of hydrogen-bond acceptors (Lipinski definition) is 4. The number of imidazole rings is 1. The fourth-order valence-corrected chi connectivity index (χ4v) is 2.29. The Balaban J connectivity index is 1.91. The van der Waals surface area contributed by atoms with Crippen molar-refractivity contribution in [2.45, 2.75) is 6.54 Å². The Kier molecular flexibility index (Phi) is 4.72. The van der Waals surface area contributed by atoms with Gasteiger partial charge in [-0.3, -0.25) is 4.79 Å². The van der Waals surface area contributed by atoms with Crippen LogP contribution in [0.5, 0.6) is 0 Å². The van der Waals surface area contributed by atoms with E-state index in [-0.39, 0.29) is 12.5 Å². The Morgan fingerprint density at radius 3 is 3.21 bits per heavy atom. The van der Waals surface area contributed by atoms with Crippen molar-refractivity contribution in [2.24, 2.45) is 5.73 Å². The molecule has 98 valence electrons. The highest BCUT2D eigenvalue weighted by molar-refractivity contribution is 7.12. The van der Waals surface area contributed by atoms with Gasteiger partial charge in [-0.1, -0.05) is 11.8 Å². The molecule has 0 aliphatic heterocycles. The molecule has 2 heterocycles. The molecule has 6 heteroatoms. The van der Waals surface area contributed by atoms with Gasteiger partial charge in [0.25, 0.3) is 5.91 Å². The Hall–Kier alpha value is -2.10. The lowest BCUT2D eigenvalue weighted by Crippen LogP contribution is -2.26. The second kappa shape index (κ2) is 6.73. The minimum absolute atomic E-state index is 0.101. The summed E-state index contributed by atoms with van der Waals surface area (Å²) in [6.45, 7) is 1.54. The van der Waals surface area contributed by atoms with Gasteiger partial charge in [0.2, 0.25) is 0 Å². The molecule has 0 spiro atoms. The van der Waals surface area contributed by atoms with Crippen molar-refractivity contribution >= 4 is 17.2 Å². The summed E-state index contributed by atoms with van der Waals surface area (Å²) in [7, 11) is 0. The van der Waals surface area contributed by atoms with Gasteiger partial charge in [-0.25, -0.2) is 4.98 Å². The monoisotopic (exact) mass is 274 g/mol. The molecule has 2 aromatic rings. The van der Waals surface area contributed by atoms with Crippen molar-refractivity contribution in [1.29, 1.82) is 0 Å². The second-order valence-electron chi connectivity index (χ2n) is 3.73. The molecule has 0 atom stereocenters. The summed E-state index contributed by atoms with van der Waals surface area (Å²) in [5, 5.41) is 4.72. The third kappa shape index (κ3) is 3.68. The van der Waals surface area contributed by atoms with Crippen LogP contribution in [0.3, 0.4) is 0 Å². The number of nitrogens with two attached hydrogens (primary N) is 1. The van der Waals surface area contributed by atoms with E-state index in [9.17, 15) is 4.79 Å². The molecule has 2 rings (SSSR count). The van der Waals surface area contributed by atoms with Gasteiger partial charge in [-0.2, -0.15) is 0 Å². The van der Waals surface area contributed by atoms with Crippen LogP contribution in [0, 0.1) is 11.8 Å². The lowest BCUT2D eigenvalue weighted by atomic mass is 10.2. The number of rotatable bonds is 4. The third-order valence-corrected chi connectivity index (χ3v) is 3.32. The van der Waals surface area contributed by atoms with E-state index < -0.39 is 0 Å². The molecule has 3 N–H and O–H groups in total. The normalized spacial score (nSPS) is 9.74. The molecule has 0 fully saturated rings. The van der Waals surface area contributed by atoms with Gasteiger partial charge in [-0.05, 0) is 11.4 Å². The topological polar surface area (TPSA) is 72.9 Å². The molecule has 0 saturated heterocycles. The van der Waals surface area contributed by atoms with E-state index in [1.54, 1.807) is 12.5 Å². The molecule has 0 unspecified atom stereocenters. The zero-order chi connectivity index (χ0) is 13.5. The molecule has 0 radical (unpaired) electrons. The van der Waals surface area contributed by atoms with Crippen molar-refractivity contribution in [3.8, 4) is 11.8 Å². The van der Waals surface area contributed by atoms with Crippen LogP contribution in [0.2, 0.25) is 0 Å². The fraction of sp³-hybridized carbons (Fsp3) is 0.231. The van der Waals surface area contributed by atoms with Gasteiger partial charge in [0.15, 0.2) is 0 Å². The molecule has 0 aliphatic rings. The first-order chi connectivity index (χ1) is 9.31. The van der Waals surface area contributed by atoms with E-state index in [1.807, 2.05) is 22.2 Å². The highest BCUT2D eigenvalue weighted by Crippen LogP contribution is 2.15. The number of carbonyl (C=O) groups is 1. The number of carbonyl (C=O) groups excluding carboxylic acids is 1. The highest BCUT2D eigenvalue weighted by Gasteiger charge is 2.11. The molecule has 2 aromatic heterocycles. The van der Waals surface area contributed by atoms with Crippen molar-refractivity contribution in [3.63, 3.8) is 0 Å². The zero-order valence-corrected chi connectivity index (χ0v) is 11.1. The predicted octanol–water partition coefficient (Wildman–Crippen LogP) is 0.685. The molecule has 19 heavy (non-hydrogen) atoms. The van der Waals surface area contributed by atoms with Crippen molar-refractivity contribution in [2.75, 3.05) is 13.1 Å². The van der Waals surface area contributed by atoms with Gasteiger partial charge >= 0.3 is 0 Å². The fourth-order valence-electron chi connectivity index (χ4n) is 1.53. The Morgan fingerprint density at radius 1 is 1.58 bits per heavy atom. The molecule has 0 bridgehead atoms. The van der Waals surface area contributed by atoms with Gasteiger partial charge in [0.1, 0.15) is 4.88 Å². The van der Waals surface area contributed by atoms with Crippen molar-refractivity contribution in [1.82, 2.24) is 14.9 Å². The number of nitrogens with zero attached hydrogens (tertiary/aromatic N) is 2. The van der Waals surface area contributed by atoms with E-state index in [0.717, 1.165) is 5.56 Å². The standard InChI is InChI=1S/C13H14N4OS/c14-4-1-2-11-3-9-19-12(11)13(18)16-6-8-17-7-5-15-10-17/h3,5,7,9-10H,4,6,8,14H2,(H,16,18). The number of nitrogens with one attached hydrogen (secondary N) is 1. The summed E-state index contributed by atoms with van der Waals surface area (Å²) in [6, 6.07) is 1.83. The maximum absolute atomic E-state index is 12.0. The summed E-state index contributed by atoms with van der Waals surface area (Å²) < 4.78 is 1.91. The maximum atomic E-state index is 12.0. The van der Waals surface area contributed by atoms with Gasteiger partial charge < -0.3 is 15.6 Å². The average molecular weight is 274 g/mol. The van der Waals surface area contributed by atoms with Crippen LogP contribution in [-0.4, -0.2) is 28.5 Å². The average Bonchev–Trinajstić information content (AvgIpc) is 3.07. The Morgan fingerprint density at radius 2 is 2.47 bits per heavy atom. The second-order valence-corrected chi connectivity index (χ2v) is 4.64. The Bertz CT molecular complexity index is 592. The SMILES string of the molecule is NCC#Cc1ccsc1C(=O)NCCn1ccnc1. The highest BCUT2D eigenvalue weighted by atomic mass is 32.1. The summed E-state index contributed by atoms with van der Waals surface area (Å²) in [4.78, 5) is 16.6. The van der Waals surface area contributed by atoms with Gasteiger partial charge in [-0.15, -0.1) is 11.3 Å². The van der Waals surface area contributed by atoms with E-state index in [0.29, 0.717) is 18.0 Å². The van der Waals surface area contributed by atoms with Crippen LogP contribution >= 0.6 is 11.3 Å². The molecule has 1 amide bonds. The first kappa shape index (κ1) is 13.3. The Labute approximate surface area is 115 Å². The van der Waals surface area contributed by atoms with Gasteiger partial charge in [0.05, 0.1) is 12.9 Å². The van der Waals surface area contributed by atoms with E-state index in [4.69, 9.17) is 5.73 Å². The van der Waals surface area contributed by atoms with E-state index in [2.05, 4.69) is 22.1 Å². The first-order valence-corrected chi connectivity index (χ1v) is 6.69. The smallest absolute Gasteiger partial charge is 0.262 e. The summed E-state index contributed by atoms with van der Waals surface area (Å²) in [5.41, 5.74) is 6.06. The van der Waals surface area contributed by atoms with E-state index in [1.165, 1.54) is 11.3 Å². The van der Waals surface area contributed by atoms with E-state index >= 15 is 0 Å². The summed E-state index contributed by atoms with van der Waals surface area (Å²) in [5.74, 6) is 5.55. The quantitative estimate of drug-likeness (QED) is 0.805. The summed E-state index contributed by atoms with van der Waals surface area (Å²) in [6.07, 6.45) is 5.28. The number of thiophene rings is 1. The minimum atomic E-state index is -0.101. The van der Waals surface area contributed by atoms with Gasteiger partial charge in [0, 0.05) is 31.0 Å².